The number of hydrogen-bond acceptors (Lipinski definition) is 3. The van der Waals surface area contributed by atoms with E-state index in [0.717, 1.165) is 0 Å². The predicted molar refractivity (Wildman–Crippen MR) is 63.5 cm³/mol. The van der Waals surface area contributed by atoms with E-state index >= 15 is 0 Å². The Morgan fingerprint density at radius 3 is 2.65 bits per heavy atom. The number of ether oxygens (including phenoxy) is 1. The number of carbonyl (C=O) groups excluding carboxylic acids is 1. The molecule has 1 aromatic carbocycles. The lowest BCUT2D eigenvalue weighted by Gasteiger charge is -2.12. The molecule has 92 valence electrons. The number of methoxy groups -OCH3 is 1. The molecule has 5 nitrogen and oxygen atoms in total. The van der Waals surface area contributed by atoms with E-state index in [1.54, 1.807) is 6.92 Å². The molecule has 0 saturated heterocycles. The molecule has 0 saturated carbocycles. The lowest BCUT2D eigenvalue weighted by atomic mass is 10.1. The Hall–Kier alpha value is -1.59. The molecule has 0 aromatic heterocycles. The zero-order valence-electron chi connectivity index (χ0n) is 9.36. The number of aromatic carboxylic acids is 1. The van der Waals surface area contributed by atoms with Gasteiger partial charge in [-0.2, -0.15) is 0 Å². The maximum absolute atomic E-state index is 11.6. The second-order valence-electron chi connectivity index (χ2n) is 3.36. The van der Waals surface area contributed by atoms with Crippen molar-refractivity contribution in [2.45, 2.75) is 13.0 Å². The highest BCUT2D eigenvalue weighted by Crippen LogP contribution is 2.21. The van der Waals surface area contributed by atoms with Crippen molar-refractivity contribution >= 4 is 29.2 Å². The summed E-state index contributed by atoms with van der Waals surface area (Å²) >= 11 is 5.74. The fourth-order valence-electron chi connectivity index (χ4n) is 1.15. The van der Waals surface area contributed by atoms with E-state index in [-0.39, 0.29) is 11.3 Å². The van der Waals surface area contributed by atoms with Crippen molar-refractivity contribution in [2.24, 2.45) is 0 Å². The molecule has 1 amide bonds. The average molecular weight is 258 g/mol. The van der Waals surface area contributed by atoms with Gasteiger partial charge in [-0.15, -0.1) is 0 Å². The van der Waals surface area contributed by atoms with Crippen LogP contribution in [0.5, 0.6) is 0 Å². The number of nitrogens with one attached hydrogen (secondary N) is 1. The van der Waals surface area contributed by atoms with Crippen LogP contribution in [0, 0.1) is 0 Å². The molecule has 1 unspecified atom stereocenters. The summed E-state index contributed by atoms with van der Waals surface area (Å²) in [5.74, 6) is -1.57. The van der Waals surface area contributed by atoms with Crippen LogP contribution in [0.3, 0.4) is 0 Å². The lowest BCUT2D eigenvalue weighted by molar-refractivity contribution is -0.124. The molecule has 0 fully saturated rings. The van der Waals surface area contributed by atoms with Gasteiger partial charge in [-0.3, -0.25) is 4.79 Å². The standard InChI is InChI=1S/C11H12ClNO4/c1-6(17-2)10(14)13-9-5-7(12)3-4-8(9)11(15)16/h3-6H,1-2H3,(H,13,14)(H,15,16). The summed E-state index contributed by atoms with van der Waals surface area (Å²) in [4.78, 5) is 22.5. The number of rotatable bonds is 4. The van der Waals surface area contributed by atoms with Gasteiger partial charge in [-0.1, -0.05) is 11.6 Å². The molecular formula is C11H12ClNO4. The minimum Gasteiger partial charge on any atom is -0.478 e. The minimum absolute atomic E-state index is 0.0222. The Morgan fingerprint density at radius 1 is 1.47 bits per heavy atom. The summed E-state index contributed by atoms with van der Waals surface area (Å²) in [7, 11) is 1.39. The van der Waals surface area contributed by atoms with E-state index in [2.05, 4.69) is 5.32 Å². The summed E-state index contributed by atoms with van der Waals surface area (Å²) < 4.78 is 4.82. The van der Waals surface area contributed by atoms with Crippen molar-refractivity contribution < 1.29 is 19.4 Å². The predicted octanol–water partition coefficient (Wildman–Crippen LogP) is 2.01. The third-order valence-corrected chi connectivity index (χ3v) is 2.43. The van der Waals surface area contributed by atoms with Crippen LogP contribution in [0.15, 0.2) is 18.2 Å². The quantitative estimate of drug-likeness (QED) is 0.865. The topological polar surface area (TPSA) is 75.6 Å². The third-order valence-electron chi connectivity index (χ3n) is 2.19. The lowest BCUT2D eigenvalue weighted by Crippen LogP contribution is -2.27. The van der Waals surface area contributed by atoms with Crippen LogP contribution in [-0.4, -0.2) is 30.2 Å². The van der Waals surface area contributed by atoms with E-state index in [1.165, 1.54) is 25.3 Å². The van der Waals surface area contributed by atoms with Crippen molar-refractivity contribution in [3.8, 4) is 0 Å². The first kappa shape index (κ1) is 13.5. The van der Waals surface area contributed by atoms with Gasteiger partial charge in [0.15, 0.2) is 0 Å². The summed E-state index contributed by atoms with van der Waals surface area (Å²) in [6, 6.07) is 4.16. The molecule has 0 spiro atoms. The fourth-order valence-corrected chi connectivity index (χ4v) is 1.32. The van der Waals surface area contributed by atoms with Gasteiger partial charge in [0.05, 0.1) is 11.3 Å². The number of carboxylic acid groups (broad SMARTS) is 1. The molecule has 1 atom stereocenters. The highest BCUT2D eigenvalue weighted by Gasteiger charge is 2.16. The molecule has 0 aliphatic heterocycles. The molecule has 0 bridgehead atoms. The first-order chi connectivity index (χ1) is 7.95. The smallest absolute Gasteiger partial charge is 0.337 e. The van der Waals surface area contributed by atoms with Gasteiger partial charge in [0.1, 0.15) is 6.10 Å². The Bertz CT molecular complexity index is 447. The van der Waals surface area contributed by atoms with Crippen molar-refractivity contribution in [2.75, 3.05) is 12.4 Å². The van der Waals surface area contributed by atoms with Gasteiger partial charge in [0.25, 0.3) is 5.91 Å². The van der Waals surface area contributed by atoms with Crippen LogP contribution in [0.1, 0.15) is 17.3 Å². The van der Waals surface area contributed by atoms with Crippen molar-refractivity contribution in [1.29, 1.82) is 0 Å². The average Bonchev–Trinajstić information content (AvgIpc) is 2.27. The molecule has 2 N–H and O–H groups in total. The molecule has 1 rings (SSSR count). The van der Waals surface area contributed by atoms with Crippen LogP contribution in [0.2, 0.25) is 5.02 Å². The maximum atomic E-state index is 11.6. The highest BCUT2D eigenvalue weighted by molar-refractivity contribution is 6.31. The van der Waals surface area contributed by atoms with E-state index in [0.29, 0.717) is 5.02 Å². The molecule has 17 heavy (non-hydrogen) atoms. The first-order valence-corrected chi connectivity index (χ1v) is 5.20. The molecule has 1 aromatic rings. The highest BCUT2D eigenvalue weighted by atomic mass is 35.5. The van der Waals surface area contributed by atoms with Crippen molar-refractivity contribution in [3.05, 3.63) is 28.8 Å². The zero-order valence-corrected chi connectivity index (χ0v) is 10.1. The van der Waals surface area contributed by atoms with E-state index in [9.17, 15) is 9.59 Å². The van der Waals surface area contributed by atoms with Gasteiger partial charge in [0.2, 0.25) is 0 Å². The largest absolute Gasteiger partial charge is 0.478 e. The summed E-state index contributed by atoms with van der Waals surface area (Å²) in [6.07, 6.45) is -0.671. The van der Waals surface area contributed by atoms with Gasteiger partial charge >= 0.3 is 5.97 Å². The summed E-state index contributed by atoms with van der Waals surface area (Å²) in [6.45, 7) is 1.56. The number of carboxylic acids is 1. The van der Waals surface area contributed by atoms with E-state index in [4.69, 9.17) is 21.4 Å². The fraction of sp³-hybridized carbons (Fsp3) is 0.273. The van der Waals surface area contributed by atoms with Gasteiger partial charge in [-0.05, 0) is 25.1 Å². The summed E-state index contributed by atoms with van der Waals surface area (Å²) in [5.41, 5.74) is 0.130. The van der Waals surface area contributed by atoms with Crippen LogP contribution in [-0.2, 0) is 9.53 Å². The number of carbonyl (C=O) groups is 2. The van der Waals surface area contributed by atoms with Crippen LogP contribution in [0.25, 0.3) is 0 Å². The maximum Gasteiger partial charge on any atom is 0.337 e. The van der Waals surface area contributed by atoms with Crippen LogP contribution in [0.4, 0.5) is 5.69 Å². The molecule has 0 heterocycles. The first-order valence-electron chi connectivity index (χ1n) is 4.82. The van der Waals surface area contributed by atoms with Crippen molar-refractivity contribution in [3.63, 3.8) is 0 Å². The minimum atomic E-state index is -1.14. The molecular weight excluding hydrogens is 246 g/mol. The zero-order chi connectivity index (χ0) is 13.0. The van der Waals surface area contributed by atoms with E-state index < -0.39 is 18.0 Å². The normalized spacial score (nSPS) is 11.9. The second-order valence-corrected chi connectivity index (χ2v) is 3.80. The Labute approximate surface area is 103 Å². The van der Waals surface area contributed by atoms with E-state index in [1.807, 2.05) is 0 Å². The molecule has 6 heteroatoms. The third kappa shape index (κ3) is 3.44. The molecule has 0 aliphatic carbocycles. The number of hydrogen-bond donors (Lipinski definition) is 2. The van der Waals surface area contributed by atoms with Crippen molar-refractivity contribution in [1.82, 2.24) is 0 Å². The monoisotopic (exact) mass is 257 g/mol. The number of amides is 1. The molecule has 0 radical (unpaired) electrons. The van der Waals surface area contributed by atoms with Gasteiger partial charge < -0.3 is 15.2 Å². The number of benzene rings is 1. The summed E-state index contributed by atoms with van der Waals surface area (Å²) in [5, 5.41) is 11.7. The van der Waals surface area contributed by atoms with Crippen LogP contribution >= 0.6 is 11.6 Å². The van der Waals surface area contributed by atoms with Gasteiger partial charge in [-0.25, -0.2) is 4.79 Å². The number of anilines is 1. The Kier molecular flexibility index (Phi) is 4.48. The Morgan fingerprint density at radius 2 is 2.12 bits per heavy atom. The second kappa shape index (κ2) is 5.65. The van der Waals surface area contributed by atoms with Crippen LogP contribution < -0.4 is 5.32 Å². The van der Waals surface area contributed by atoms with Gasteiger partial charge in [0, 0.05) is 12.1 Å². The molecule has 0 aliphatic rings. The number of halogens is 1. The Balaban J connectivity index is 3.00. The SMILES string of the molecule is COC(C)C(=O)Nc1cc(Cl)ccc1C(=O)O.